The van der Waals surface area contributed by atoms with Crippen LogP contribution < -0.4 is 5.32 Å². The van der Waals surface area contributed by atoms with Gasteiger partial charge in [-0.25, -0.2) is 9.59 Å². The molecule has 1 aromatic carbocycles. The zero-order valence-corrected chi connectivity index (χ0v) is 14.6. The first-order valence-electron chi connectivity index (χ1n) is 8.09. The number of carboxylic acid groups (broad SMARTS) is 2. The zero-order chi connectivity index (χ0) is 18.7. The van der Waals surface area contributed by atoms with E-state index in [-0.39, 0.29) is 0 Å². The number of aliphatic carboxylic acids is 2. The van der Waals surface area contributed by atoms with Gasteiger partial charge in [0.2, 0.25) is 0 Å². The van der Waals surface area contributed by atoms with Crippen LogP contribution in [0.25, 0.3) is 0 Å². The second kappa shape index (κ2) is 11.8. The topological polar surface area (TPSA) is 116 Å². The molecule has 1 aliphatic carbocycles. The Labute approximate surface area is 151 Å². The van der Waals surface area contributed by atoms with Crippen molar-refractivity contribution in [3.8, 4) is 0 Å². The van der Waals surface area contributed by atoms with Crippen molar-refractivity contribution in [1.29, 1.82) is 0 Å². The number of halogens is 1. The molecule has 1 aliphatic rings. The molecule has 2 rings (SSSR count). The van der Waals surface area contributed by atoms with Gasteiger partial charge in [0.25, 0.3) is 0 Å². The van der Waals surface area contributed by atoms with Crippen molar-refractivity contribution in [2.45, 2.75) is 44.4 Å². The van der Waals surface area contributed by atoms with E-state index in [0.29, 0.717) is 30.8 Å². The van der Waals surface area contributed by atoms with E-state index in [1.54, 1.807) is 0 Å². The minimum absolute atomic E-state index is 0.338. The van der Waals surface area contributed by atoms with Crippen LogP contribution in [0.15, 0.2) is 24.3 Å². The Hall–Kier alpha value is -1.67. The van der Waals surface area contributed by atoms with Gasteiger partial charge in [-0.3, -0.25) is 0 Å². The first-order valence-corrected chi connectivity index (χ1v) is 8.46. The van der Waals surface area contributed by atoms with E-state index in [9.17, 15) is 5.11 Å². The third-order valence-corrected chi connectivity index (χ3v) is 4.07. The van der Waals surface area contributed by atoms with Crippen molar-refractivity contribution < 1.29 is 29.6 Å². The lowest BCUT2D eigenvalue weighted by atomic mass is 10.2. The average Bonchev–Trinajstić information content (AvgIpc) is 3.09. The van der Waals surface area contributed by atoms with Crippen molar-refractivity contribution in [2.24, 2.45) is 0 Å². The fraction of sp³-hybridized carbons (Fsp3) is 0.529. The summed E-state index contributed by atoms with van der Waals surface area (Å²) in [4.78, 5) is 18.2. The van der Waals surface area contributed by atoms with Crippen LogP contribution in [0.5, 0.6) is 0 Å². The van der Waals surface area contributed by atoms with E-state index >= 15 is 0 Å². The van der Waals surface area contributed by atoms with E-state index in [4.69, 9.17) is 36.1 Å². The molecule has 0 heterocycles. The Balaban J connectivity index is 0.000000450. The van der Waals surface area contributed by atoms with Gasteiger partial charge in [0.1, 0.15) is 0 Å². The van der Waals surface area contributed by atoms with Gasteiger partial charge in [-0.2, -0.15) is 0 Å². The first kappa shape index (κ1) is 21.4. The molecule has 0 bridgehead atoms. The number of hydrogen-bond acceptors (Lipinski definition) is 5. The molecule has 0 spiro atoms. The number of benzene rings is 1. The van der Waals surface area contributed by atoms with Crippen molar-refractivity contribution in [2.75, 3.05) is 13.2 Å². The minimum Gasteiger partial charge on any atom is -0.473 e. The number of ether oxygens (including phenoxy) is 1. The van der Waals surface area contributed by atoms with E-state index in [1.807, 2.05) is 24.3 Å². The maximum Gasteiger partial charge on any atom is 0.414 e. The standard InChI is InChI=1S/C15H22ClNO2.C2H2O4/c16-15-8-4-1-5-12(15)10-19-11-14(18)9-17-13-6-2-3-7-13;3-1(4)2(5)6/h1,4-5,8,13-14,17-18H,2-3,6-7,9-11H2;(H,3,4)(H,5,6). The summed E-state index contributed by atoms with van der Waals surface area (Å²) in [6, 6.07) is 8.19. The molecule has 1 unspecified atom stereocenters. The number of aliphatic hydroxyl groups excluding tert-OH is 1. The van der Waals surface area contributed by atoms with Gasteiger partial charge >= 0.3 is 11.9 Å². The van der Waals surface area contributed by atoms with E-state index in [2.05, 4.69) is 5.32 Å². The maximum atomic E-state index is 9.84. The molecule has 0 radical (unpaired) electrons. The van der Waals surface area contributed by atoms with Crippen LogP contribution in [0.4, 0.5) is 0 Å². The number of carbonyl (C=O) groups is 2. The lowest BCUT2D eigenvalue weighted by Crippen LogP contribution is -2.36. The predicted octanol–water partition coefficient (Wildman–Crippen LogP) is 1.91. The number of hydrogen-bond donors (Lipinski definition) is 4. The van der Waals surface area contributed by atoms with Gasteiger partial charge in [0.15, 0.2) is 0 Å². The number of rotatable bonds is 7. The first-order chi connectivity index (χ1) is 11.9. The molecule has 1 aromatic rings. The Bertz CT molecular complexity index is 536. The second-order valence-corrected chi connectivity index (χ2v) is 6.17. The van der Waals surface area contributed by atoms with Gasteiger partial charge in [0, 0.05) is 17.6 Å². The highest BCUT2D eigenvalue weighted by Crippen LogP contribution is 2.17. The molecule has 1 saturated carbocycles. The SMILES string of the molecule is O=C(O)C(=O)O.OC(CNC1CCCC1)COCc1ccccc1Cl. The molecular weight excluding hydrogens is 350 g/mol. The van der Waals surface area contributed by atoms with Gasteiger partial charge < -0.3 is 25.4 Å². The minimum atomic E-state index is -1.82. The van der Waals surface area contributed by atoms with Crippen molar-refractivity contribution in [3.63, 3.8) is 0 Å². The van der Waals surface area contributed by atoms with Crippen molar-refractivity contribution >= 4 is 23.5 Å². The third kappa shape index (κ3) is 9.40. The normalized spacial score (nSPS) is 15.3. The summed E-state index contributed by atoms with van der Waals surface area (Å²) in [6.45, 7) is 1.39. The Morgan fingerprint density at radius 3 is 2.36 bits per heavy atom. The largest absolute Gasteiger partial charge is 0.473 e. The van der Waals surface area contributed by atoms with Crippen molar-refractivity contribution in [1.82, 2.24) is 5.32 Å². The molecule has 1 fully saturated rings. The molecule has 4 N–H and O–H groups in total. The lowest BCUT2D eigenvalue weighted by Gasteiger charge is -2.16. The van der Waals surface area contributed by atoms with Crippen LogP contribution >= 0.6 is 11.6 Å². The molecule has 8 heteroatoms. The quantitative estimate of drug-likeness (QED) is 0.539. The van der Waals surface area contributed by atoms with Crippen LogP contribution in [0.1, 0.15) is 31.2 Å². The van der Waals surface area contributed by atoms with Crippen LogP contribution in [-0.4, -0.2) is 52.6 Å². The highest BCUT2D eigenvalue weighted by atomic mass is 35.5. The van der Waals surface area contributed by atoms with Crippen LogP contribution in [0.3, 0.4) is 0 Å². The van der Waals surface area contributed by atoms with Crippen LogP contribution in [0, 0.1) is 0 Å². The number of carboxylic acids is 2. The summed E-state index contributed by atoms with van der Waals surface area (Å²) in [7, 11) is 0. The van der Waals surface area contributed by atoms with Gasteiger partial charge in [-0.1, -0.05) is 42.6 Å². The highest BCUT2D eigenvalue weighted by Gasteiger charge is 2.15. The smallest absolute Gasteiger partial charge is 0.414 e. The molecule has 140 valence electrons. The number of aliphatic hydroxyl groups is 1. The lowest BCUT2D eigenvalue weighted by molar-refractivity contribution is -0.159. The van der Waals surface area contributed by atoms with E-state index < -0.39 is 18.0 Å². The summed E-state index contributed by atoms with van der Waals surface area (Å²) in [5.41, 5.74) is 0.958. The predicted molar refractivity (Wildman–Crippen MR) is 92.6 cm³/mol. The molecule has 0 amide bonds. The summed E-state index contributed by atoms with van der Waals surface area (Å²) in [5, 5.41) is 28.7. The maximum absolute atomic E-state index is 9.84. The molecule has 0 saturated heterocycles. The van der Waals surface area contributed by atoms with Gasteiger partial charge in [-0.05, 0) is 24.5 Å². The molecule has 0 aliphatic heterocycles. The average molecular weight is 374 g/mol. The summed E-state index contributed by atoms with van der Waals surface area (Å²) in [5.74, 6) is -3.65. The Kier molecular flexibility index (Phi) is 10.1. The zero-order valence-electron chi connectivity index (χ0n) is 13.9. The Morgan fingerprint density at radius 2 is 1.80 bits per heavy atom. The highest BCUT2D eigenvalue weighted by molar-refractivity contribution is 6.31. The van der Waals surface area contributed by atoms with E-state index in [1.165, 1.54) is 25.7 Å². The molecule has 0 aromatic heterocycles. The second-order valence-electron chi connectivity index (χ2n) is 5.76. The van der Waals surface area contributed by atoms with Gasteiger partial charge in [-0.15, -0.1) is 0 Å². The summed E-state index contributed by atoms with van der Waals surface area (Å²) in [6.07, 6.45) is 4.61. The fourth-order valence-electron chi connectivity index (χ4n) is 2.41. The monoisotopic (exact) mass is 373 g/mol. The Morgan fingerprint density at radius 1 is 1.20 bits per heavy atom. The molecule has 25 heavy (non-hydrogen) atoms. The summed E-state index contributed by atoms with van der Waals surface area (Å²) < 4.78 is 5.50. The van der Waals surface area contributed by atoms with Gasteiger partial charge in [0.05, 0.1) is 19.3 Å². The number of nitrogens with one attached hydrogen (secondary N) is 1. The molecule has 7 nitrogen and oxygen atoms in total. The summed E-state index contributed by atoms with van der Waals surface area (Å²) >= 11 is 6.03. The molecular formula is C17H24ClNO6. The van der Waals surface area contributed by atoms with Crippen molar-refractivity contribution in [3.05, 3.63) is 34.9 Å². The molecule has 1 atom stereocenters. The van der Waals surface area contributed by atoms with Crippen LogP contribution in [-0.2, 0) is 20.9 Å². The third-order valence-electron chi connectivity index (χ3n) is 3.71. The van der Waals surface area contributed by atoms with Crippen LogP contribution in [0.2, 0.25) is 5.02 Å². The fourth-order valence-corrected chi connectivity index (χ4v) is 2.60. The van der Waals surface area contributed by atoms with E-state index in [0.717, 1.165) is 5.56 Å².